The second-order valence-electron chi connectivity index (χ2n) is 6.12. The van der Waals surface area contributed by atoms with E-state index in [0.29, 0.717) is 16.7 Å². The largest absolute Gasteiger partial charge is 0.270 e. The number of benzene rings is 1. The van der Waals surface area contributed by atoms with Crippen LogP contribution in [0.4, 0.5) is 0 Å². The van der Waals surface area contributed by atoms with Gasteiger partial charge in [-0.3, -0.25) is 9.55 Å². The zero-order valence-corrected chi connectivity index (χ0v) is 16.5. The Labute approximate surface area is 157 Å². The lowest BCUT2D eigenvalue weighted by Gasteiger charge is -2.12. The molecule has 0 saturated heterocycles. The molecule has 0 unspecified atom stereocenters. The number of pyridine rings is 1. The summed E-state index contributed by atoms with van der Waals surface area (Å²) in [5.74, 6) is 1.23. The van der Waals surface area contributed by atoms with Gasteiger partial charge in [0.05, 0.1) is 11.4 Å². The topological polar surface area (TPSA) is 77.7 Å². The molecule has 0 bridgehead atoms. The van der Waals surface area contributed by atoms with Crippen LogP contribution in [0.25, 0.3) is 17.1 Å². The highest BCUT2D eigenvalue weighted by Gasteiger charge is 2.17. The van der Waals surface area contributed by atoms with E-state index in [4.69, 9.17) is 0 Å². The number of nitrogens with zero attached hydrogens (tertiary/aromatic N) is 4. The Balaban J connectivity index is 2.05. The number of aromatic nitrogens is 4. The lowest BCUT2D eigenvalue weighted by atomic mass is 10.1. The molecule has 8 heteroatoms. The Hall–Kier alpha value is -2.19. The SMILES string of the molecule is Cc1ccc(-n2c(SCCS(C)(=O)=O)nnc2-c2ccncc2)cc1C. The van der Waals surface area contributed by atoms with Gasteiger partial charge in [-0.2, -0.15) is 0 Å². The summed E-state index contributed by atoms with van der Waals surface area (Å²) in [4.78, 5) is 4.05. The van der Waals surface area contributed by atoms with E-state index in [-0.39, 0.29) is 5.75 Å². The molecule has 0 aliphatic rings. The summed E-state index contributed by atoms with van der Waals surface area (Å²) in [5.41, 5.74) is 4.23. The first-order valence-corrected chi connectivity index (χ1v) is 11.1. The third-order valence-corrected chi connectivity index (χ3v) is 6.14. The van der Waals surface area contributed by atoms with Crippen LogP contribution in [0.2, 0.25) is 0 Å². The van der Waals surface area contributed by atoms with Crippen molar-refractivity contribution < 1.29 is 8.42 Å². The maximum absolute atomic E-state index is 11.4. The average Bonchev–Trinajstić information content (AvgIpc) is 3.01. The van der Waals surface area contributed by atoms with Crippen molar-refractivity contribution in [1.82, 2.24) is 19.7 Å². The molecule has 0 amide bonds. The molecule has 0 radical (unpaired) electrons. The third kappa shape index (κ3) is 4.31. The van der Waals surface area contributed by atoms with Crippen LogP contribution in [-0.4, -0.2) is 45.9 Å². The summed E-state index contributed by atoms with van der Waals surface area (Å²) in [5, 5.41) is 9.32. The highest BCUT2D eigenvalue weighted by Crippen LogP contribution is 2.28. The van der Waals surface area contributed by atoms with Crippen LogP contribution in [0, 0.1) is 13.8 Å². The molecule has 3 rings (SSSR count). The quantitative estimate of drug-likeness (QED) is 0.604. The second-order valence-corrected chi connectivity index (χ2v) is 9.45. The minimum atomic E-state index is -3.02. The van der Waals surface area contributed by atoms with Crippen molar-refractivity contribution in [2.45, 2.75) is 19.0 Å². The lowest BCUT2D eigenvalue weighted by Crippen LogP contribution is -2.06. The fourth-order valence-electron chi connectivity index (χ4n) is 2.43. The number of hydrogen-bond donors (Lipinski definition) is 0. The molecule has 0 atom stereocenters. The van der Waals surface area contributed by atoms with Crippen molar-refractivity contribution in [3.05, 3.63) is 53.9 Å². The number of aryl methyl sites for hydroxylation is 2. The van der Waals surface area contributed by atoms with Crippen LogP contribution in [0.1, 0.15) is 11.1 Å². The first-order chi connectivity index (χ1) is 12.3. The standard InChI is InChI=1S/C18H20N4O2S2/c1-13-4-5-16(12-14(13)2)22-17(15-6-8-19-9-7-15)20-21-18(22)25-10-11-26(3,23)24/h4-9,12H,10-11H2,1-3H3. The maximum Gasteiger partial charge on any atom is 0.196 e. The molecule has 26 heavy (non-hydrogen) atoms. The Bertz CT molecular complexity index is 1010. The van der Waals surface area contributed by atoms with Gasteiger partial charge in [0.1, 0.15) is 9.84 Å². The van der Waals surface area contributed by atoms with Crippen LogP contribution >= 0.6 is 11.8 Å². The van der Waals surface area contributed by atoms with E-state index in [1.807, 2.05) is 22.8 Å². The minimum absolute atomic E-state index is 0.0992. The van der Waals surface area contributed by atoms with Crippen molar-refractivity contribution in [3.8, 4) is 17.1 Å². The van der Waals surface area contributed by atoms with E-state index in [2.05, 4.69) is 41.2 Å². The molecule has 1 aromatic carbocycles. The maximum atomic E-state index is 11.4. The predicted octanol–water partition coefficient (Wildman–Crippen LogP) is 3.08. The molecule has 2 heterocycles. The van der Waals surface area contributed by atoms with E-state index in [9.17, 15) is 8.42 Å². The van der Waals surface area contributed by atoms with Crippen molar-refractivity contribution in [2.24, 2.45) is 0 Å². The monoisotopic (exact) mass is 388 g/mol. The minimum Gasteiger partial charge on any atom is -0.270 e. The first-order valence-electron chi connectivity index (χ1n) is 8.09. The van der Waals surface area contributed by atoms with E-state index in [1.54, 1.807) is 12.4 Å². The molecule has 0 fully saturated rings. The summed E-state index contributed by atoms with van der Waals surface area (Å²) in [6.45, 7) is 4.13. The fraction of sp³-hybridized carbons (Fsp3) is 0.278. The van der Waals surface area contributed by atoms with Gasteiger partial charge in [-0.1, -0.05) is 17.8 Å². The van der Waals surface area contributed by atoms with Crippen molar-refractivity contribution in [1.29, 1.82) is 0 Å². The van der Waals surface area contributed by atoms with Gasteiger partial charge in [0.25, 0.3) is 0 Å². The van der Waals surface area contributed by atoms with E-state index in [0.717, 1.165) is 11.3 Å². The van der Waals surface area contributed by atoms with Crippen molar-refractivity contribution >= 4 is 21.6 Å². The fourth-order valence-corrected chi connectivity index (χ4v) is 4.58. The lowest BCUT2D eigenvalue weighted by molar-refractivity contribution is 0.603. The molecule has 3 aromatic rings. The highest BCUT2D eigenvalue weighted by atomic mass is 32.2. The molecule has 0 aliphatic carbocycles. The van der Waals surface area contributed by atoms with Crippen LogP contribution in [-0.2, 0) is 9.84 Å². The Kier molecular flexibility index (Phi) is 5.43. The van der Waals surface area contributed by atoms with Gasteiger partial charge in [-0.05, 0) is 49.2 Å². The van der Waals surface area contributed by atoms with Gasteiger partial charge >= 0.3 is 0 Å². The number of rotatable bonds is 6. The zero-order chi connectivity index (χ0) is 18.7. The molecule has 2 aromatic heterocycles. The van der Waals surface area contributed by atoms with E-state index >= 15 is 0 Å². The van der Waals surface area contributed by atoms with Gasteiger partial charge in [-0.25, -0.2) is 8.42 Å². The molecule has 0 N–H and O–H groups in total. The normalized spacial score (nSPS) is 11.7. The average molecular weight is 389 g/mol. The summed E-state index contributed by atoms with van der Waals surface area (Å²) < 4.78 is 24.8. The van der Waals surface area contributed by atoms with Crippen LogP contribution < -0.4 is 0 Å². The van der Waals surface area contributed by atoms with Crippen LogP contribution in [0.15, 0.2) is 47.9 Å². The van der Waals surface area contributed by atoms with Gasteiger partial charge < -0.3 is 0 Å². The molecule has 6 nitrogen and oxygen atoms in total. The molecule has 0 saturated carbocycles. The van der Waals surface area contributed by atoms with Gasteiger partial charge in [0.2, 0.25) is 0 Å². The Morgan fingerprint density at radius 3 is 2.42 bits per heavy atom. The summed E-state index contributed by atoms with van der Waals surface area (Å²) in [7, 11) is -3.02. The number of hydrogen-bond acceptors (Lipinski definition) is 6. The highest BCUT2D eigenvalue weighted by molar-refractivity contribution is 8.00. The van der Waals surface area contributed by atoms with Gasteiger partial charge in [0, 0.05) is 30.0 Å². The molecular formula is C18H20N4O2S2. The smallest absolute Gasteiger partial charge is 0.196 e. The summed E-state index contributed by atoms with van der Waals surface area (Å²) in [6, 6.07) is 9.94. The van der Waals surface area contributed by atoms with Crippen molar-refractivity contribution in [3.63, 3.8) is 0 Å². The zero-order valence-electron chi connectivity index (χ0n) is 14.9. The first kappa shape index (κ1) is 18.6. The number of sulfone groups is 1. The predicted molar refractivity (Wildman–Crippen MR) is 104 cm³/mol. The van der Waals surface area contributed by atoms with E-state index in [1.165, 1.54) is 29.1 Å². The molecule has 0 spiro atoms. The molecule has 0 aliphatic heterocycles. The second kappa shape index (κ2) is 7.59. The van der Waals surface area contributed by atoms with Crippen LogP contribution in [0.5, 0.6) is 0 Å². The van der Waals surface area contributed by atoms with Crippen LogP contribution in [0.3, 0.4) is 0 Å². The third-order valence-electron chi connectivity index (χ3n) is 4.01. The van der Waals surface area contributed by atoms with E-state index < -0.39 is 9.84 Å². The van der Waals surface area contributed by atoms with Crippen molar-refractivity contribution in [2.75, 3.05) is 17.8 Å². The Morgan fingerprint density at radius 2 is 1.77 bits per heavy atom. The summed E-state index contributed by atoms with van der Waals surface area (Å²) >= 11 is 1.39. The van der Waals surface area contributed by atoms with Gasteiger partial charge in [-0.15, -0.1) is 10.2 Å². The molecular weight excluding hydrogens is 368 g/mol. The summed E-state index contributed by atoms with van der Waals surface area (Å²) in [6.07, 6.45) is 4.67. The number of thioether (sulfide) groups is 1. The molecule has 136 valence electrons. The van der Waals surface area contributed by atoms with Gasteiger partial charge in [0.15, 0.2) is 11.0 Å². The Morgan fingerprint density at radius 1 is 1.04 bits per heavy atom.